The number of ether oxygens (including phenoxy) is 1. The van der Waals surface area contributed by atoms with E-state index in [4.69, 9.17) is 4.74 Å². The number of ketones is 1. The molecule has 0 aromatic heterocycles. The lowest BCUT2D eigenvalue weighted by molar-refractivity contribution is -0.131. The molecule has 8 heteroatoms. The van der Waals surface area contributed by atoms with Crippen molar-refractivity contribution in [3.63, 3.8) is 0 Å². The summed E-state index contributed by atoms with van der Waals surface area (Å²) in [5.41, 5.74) is 0.863. The molecule has 2 rings (SSSR count). The van der Waals surface area contributed by atoms with Crippen molar-refractivity contribution < 1.29 is 23.9 Å². The monoisotopic (exact) mass is 375 g/mol. The number of nitrogens with one attached hydrogen (secondary N) is 2. The van der Waals surface area contributed by atoms with E-state index >= 15 is 0 Å². The van der Waals surface area contributed by atoms with E-state index in [0.717, 1.165) is 5.56 Å². The van der Waals surface area contributed by atoms with Crippen molar-refractivity contribution in [2.75, 3.05) is 13.1 Å². The van der Waals surface area contributed by atoms with Gasteiger partial charge in [0.05, 0.1) is 6.54 Å². The standard InChI is InChI=1S/C19H25N3O5/c1-13(23)11-20-17(24)14(2)21-18(25)16-9-6-10-22(16)19(26)27-12-15-7-4-3-5-8-15/h3-5,7-8,14,16H,6,9-12H2,1-2H3,(H,20,24)(H,21,25)/t14-,16-/m0/s1. The molecule has 1 saturated heterocycles. The Morgan fingerprint density at radius 2 is 1.93 bits per heavy atom. The second-order valence-electron chi connectivity index (χ2n) is 6.54. The Morgan fingerprint density at radius 1 is 1.22 bits per heavy atom. The largest absolute Gasteiger partial charge is 0.445 e. The summed E-state index contributed by atoms with van der Waals surface area (Å²) in [7, 11) is 0. The minimum Gasteiger partial charge on any atom is -0.445 e. The van der Waals surface area contributed by atoms with Gasteiger partial charge in [-0.05, 0) is 32.3 Å². The Morgan fingerprint density at radius 3 is 2.59 bits per heavy atom. The third-order valence-electron chi connectivity index (χ3n) is 4.26. The highest BCUT2D eigenvalue weighted by Gasteiger charge is 2.36. The number of hydrogen-bond donors (Lipinski definition) is 2. The number of carbonyl (C=O) groups excluding carboxylic acids is 4. The fourth-order valence-electron chi connectivity index (χ4n) is 2.80. The molecule has 2 atom stereocenters. The Bertz CT molecular complexity index is 692. The Hall–Kier alpha value is -2.90. The molecule has 1 aliphatic heterocycles. The van der Waals surface area contributed by atoms with E-state index in [1.807, 2.05) is 30.3 Å². The van der Waals surface area contributed by atoms with Crippen LogP contribution in [0.3, 0.4) is 0 Å². The minimum atomic E-state index is -0.806. The molecule has 1 aromatic rings. The zero-order chi connectivity index (χ0) is 19.8. The van der Waals surface area contributed by atoms with Gasteiger partial charge in [0.2, 0.25) is 11.8 Å². The number of carbonyl (C=O) groups is 4. The van der Waals surface area contributed by atoms with Crippen LogP contribution >= 0.6 is 0 Å². The zero-order valence-electron chi connectivity index (χ0n) is 15.6. The van der Waals surface area contributed by atoms with Gasteiger partial charge in [-0.25, -0.2) is 4.79 Å². The number of benzene rings is 1. The van der Waals surface area contributed by atoms with Crippen LogP contribution in [-0.2, 0) is 25.7 Å². The highest BCUT2D eigenvalue weighted by atomic mass is 16.6. The van der Waals surface area contributed by atoms with Crippen molar-refractivity contribution >= 4 is 23.7 Å². The van der Waals surface area contributed by atoms with Crippen molar-refractivity contribution in [1.82, 2.24) is 15.5 Å². The summed E-state index contributed by atoms with van der Waals surface area (Å²) >= 11 is 0. The Kier molecular flexibility index (Phi) is 7.34. The molecule has 3 amide bonds. The van der Waals surface area contributed by atoms with Gasteiger partial charge in [-0.15, -0.1) is 0 Å². The Balaban J connectivity index is 1.86. The average molecular weight is 375 g/mol. The second kappa shape index (κ2) is 9.70. The molecule has 0 radical (unpaired) electrons. The molecule has 1 aliphatic rings. The van der Waals surface area contributed by atoms with Gasteiger partial charge >= 0.3 is 6.09 Å². The van der Waals surface area contributed by atoms with Gasteiger partial charge in [0.15, 0.2) is 0 Å². The molecule has 2 N–H and O–H groups in total. The summed E-state index contributed by atoms with van der Waals surface area (Å²) in [6.45, 7) is 3.37. The van der Waals surface area contributed by atoms with Crippen LogP contribution in [0, 0.1) is 0 Å². The molecular weight excluding hydrogens is 350 g/mol. The normalized spacial score (nSPS) is 17.1. The van der Waals surface area contributed by atoms with Gasteiger partial charge in [-0.1, -0.05) is 30.3 Å². The molecule has 1 heterocycles. The van der Waals surface area contributed by atoms with Gasteiger partial charge in [-0.2, -0.15) is 0 Å². The van der Waals surface area contributed by atoms with Crippen LogP contribution in [0.15, 0.2) is 30.3 Å². The molecule has 1 aromatic carbocycles. The number of Topliss-reactive ketones (excluding diaryl/α,β-unsaturated/α-hetero) is 1. The predicted molar refractivity (Wildman–Crippen MR) is 97.7 cm³/mol. The second-order valence-corrected chi connectivity index (χ2v) is 6.54. The summed E-state index contributed by atoms with van der Waals surface area (Å²) in [6.07, 6.45) is 0.641. The molecule has 0 saturated carbocycles. The van der Waals surface area contributed by atoms with Crippen molar-refractivity contribution in [3.8, 4) is 0 Å². The fraction of sp³-hybridized carbons (Fsp3) is 0.474. The number of hydrogen-bond acceptors (Lipinski definition) is 5. The fourth-order valence-corrected chi connectivity index (χ4v) is 2.80. The van der Waals surface area contributed by atoms with Gasteiger partial charge in [0.25, 0.3) is 0 Å². The molecule has 0 bridgehead atoms. The van der Waals surface area contributed by atoms with E-state index in [-0.39, 0.29) is 18.9 Å². The summed E-state index contributed by atoms with van der Waals surface area (Å²) in [4.78, 5) is 49.0. The highest BCUT2D eigenvalue weighted by molar-refractivity contribution is 5.92. The summed E-state index contributed by atoms with van der Waals surface area (Å²) in [5, 5.41) is 5.03. The molecule has 146 valence electrons. The van der Waals surface area contributed by atoms with E-state index in [1.54, 1.807) is 0 Å². The van der Waals surface area contributed by atoms with E-state index < -0.39 is 30.0 Å². The lowest BCUT2D eigenvalue weighted by Gasteiger charge is -2.24. The van der Waals surface area contributed by atoms with Gasteiger partial charge in [0, 0.05) is 6.54 Å². The van der Waals surface area contributed by atoms with Crippen LogP contribution in [0.1, 0.15) is 32.3 Å². The minimum absolute atomic E-state index is 0.0829. The molecule has 27 heavy (non-hydrogen) atoms. The summed E-state index contributed by atoms with van der Waals surface area (Å²) in [6, 6.07) is 7.81. The number of nitrogens with zero attached hydrogens (tertiary/aromatic N) is 1. The first-order valence-corrected chi connectivity index (χ1v) is 8.93. The maximum Gasteiger partial charge on any atom is 0.410 e. The molecule has 1 fully saturated rings. The van der Waals surface area contributed by atoms with Gasteiger partial charge in [-0.3, -0.25) is 19.3 Å². The van der Waals surface area contributed by atoms with Crippen LogP contribution in [0.25, 0.3) is 0 Å². The maximum absolute atomic E-state index is 12.5. The van der Waals surface area contributed by atoms with Crippen molar-refractivity contribution in [2.24, 2.45) is 0 Å². The predicted octanol–water partition coefficient (Wildman–Crippen LogP) is 0.998. The van der Waals surface area contributed by atoms with Crippen LogP contribution < -0.4 is 10.6 Å². The lowest BCUT2D eigenvalue weighted by Crippen LogP contribution is -2.52. The molecule has 8 nitrogen and oxygen atoms in total. The topological polar surface area (TPSA) is 105 Å². The molecule has 0 unspecified atom stereocenters. The maximum atomic E-state index is 12.5. The van der Waals surface area contributed by atoms with Crippen molar-refractivity contribution in [2.45, 2.75) is 45.4 Å². The number of likely N-dealkylation sites (tertiary alicyclic amines) is 1. The third-order valence-corrected chi connectivity index (χ3v) is 4.26. The molecule has 0 spiro atoms. The van der Waals surface area contributed by atoms with E-state index in [0.29, 0.717) is 19.4 Å². The quantitative estimate of drug-likeness (QED) is 0.740. The summed E-state index contributed by atoms with van der Waals surface area (Å²) < 4.78 is 5.30. The van der Waals surface area contributed by atoms with Gasteiger partial charge < -0.3 is 15.4 Å². The van der Waals surface area contributed by atoms with E-state index in [2.05, 4.69) is 10.6 Å². The van der Waals surface area contributed by atoms with Crippen LogP contribution in [0.5, 0.6) is 0 Å². The van der Waals surface area contributed by atoms with E-state index in [9.17, 15) is 19.2 Å². The lowest BCUT2D eigenvalue weighted by atomic mass is 10.2. The summed E-state index contributed by atoms with van der Waals surface area (Å²) in [5.74, 6) is -1.03. The van der Waals surface area contributed by atoms with Crippen LogP contribution in [0.2, 0.25) is 0 Å². The number of amides is 3. The smallest absolute Gasteiger partial charge is 0.410 e. The van der Waals surface area contributed by atoms with Crippen molar-refractivity contribution in [1.29, 1.82) is 0 Å². The SMILES string of the molecule is CC(=O)CNC(=O)[C@H](C)NC(=O)[C@@H]1CCCN1C(=O)OCc1ccccc1. The zero-order valence-corrected chi connectivity index (χ0v) is 15.6. The van der Waals surface area contributed by atoms with Gasteiger partial charge in [0.1, 0.15) is 24.5 Å². The van der Waals surface area contributed by atoms with Crippen molar-refractivity contribution in [3.05, 3.63) is 35.9 Å². The van der Waals surface area contributed by atoms with Crippen LogP contribution in [-0.4, -0.2) is 53.8 Å². The molecule has 0 aliphatic carbocycles. The first-order valence-electron chi connectivity index (χ1n) is 8.93. The number of rotatable bonds is 7. The first kappa shape index (κ1) is 20.4. The highest BCUT2D eigenvalue weighted by Crippen LogP contribution is 2.19. The molecular formula is C19H25N3O5. The average Bonchev–Trinajstić information content (AvgIpc) is 3.15. The first-order chi connectivity index (χ1) is 12.9. The van der Waals surface area contributed by atoms with Crippen LogP contribution in [0.4, 0.5) is 4.79 Å². The van der Waals surface area contributed by atoms with E-state index in [1.165, 1.54) is 18.7 Å². The Labute approximate surface area is 158 Å². The third kappa shape index (κ3) is 6.09.